The normalized spacial score (nSPS) is 26.2. The van der Waals surface area contributed by atoms with Crippen LogP contribution < -0.4 is 16.0 Å². The average Bonchev–Trinajstić information content (AvgIpc) is 2.98. The predicted octanol–water partition coefficient (Wildman–Crippen LogP) is 9.24. The van der Waals surface area contributed by atoms with Crippen LogP contribution in [-0.4, -0.2) is 17.7 Å². The van der Waals surface area contributed by atoms with Gasteiger partial charge in [0.25, 0.3) is 5.91 Å². The molecule has 0 radical (unpaired) electrons. The maximum Gasteiger partial charge on any atom is 0.251 e. The van der Waals surface area contributed by atoms with Gasteiger partial charge in [-0.1, -0.05) is 65.4 Å². The van der Waals surface area contributed by atoms with Crippen LogP contribution in [0, 0.1) is 29.6 Å². The fourth-order valence-corrected chi connectivity index (χ4v) is 7.55. The molecule has 3 aliphatic rings. The summed E-state index contributed by atoms with van der Waals surface area (Å²) in [6.07, 6.45) is 20.3. The molecule has 6 heteroatoms. The molecule has 1 unspecified atom stereocenters. The molecule has 232 valence electrons. The van der Waals surface area contributed by atoms with Crippen molar-refractivity contribution in [3.05, 3.63) is 29.8 Å². The van der Waals surface area contributed by atoms with E-state index in [-0.39, 0.29) is 29.6 Å². The van der Waals surface area contributed by atoms with Gasteiger partial charge in [0, 0.05) is 34.5 Å². The average molecular weight is 578 g/mol. The predicted molar refractivity (Wildman–Crippen MR) is 173 cm³/mol. The van der Waals surface area contributed by atoms with E-state index < -0.39 is 0 Å². The van der Waals surface area contributed by atoms with Crippen LogP contribution >= 0.6 is 0 Å². The third kappa shape index (κ3) is 9.44. The summed E-state index contributed by atoms with van der Waals surface area (Å²) in [7, 11) is 0. The van der Waals surface area contributed by atoms with Gasteiger partial charge in [-0.25, -0.2) is 0 Å². The van der Waals surface area contributed by atoms with Crippen molar-refractivity contribution in [2.45, 2.75) is 130 Å². The molecule has 42 heavy (non-hydrogen) atoms. The molecule has 4 rings (SSSR count). The molecule has 0 saturated heterocycles. The Hall–Kier alpha value is -2.63. The van der Waals surface area contributed by atoms with E-state index in [2.05, 4.69) is 42.8 Å². The Bertz CT molecular complexity index is 1020. The number of hydrogen-bond acceptors (Lipinski definition) is 3. The van der Waals surface area contributed by atoms with Gasteiger partial charge in [-0.2, -0.15) is 0 Å². The molecule has 2 saturated carbocycles. The van der Waals surface area contributed by atoms with Gasteiger partial charge < -0.3 is 16.0 Å². The first-order chi connectivity index (χ1) is 20.4. The van der Waals surface area contributed by atoms with Crippen molar-refractivity contribution in [1.82, 2.24) is 0 Å². The fraction of sp³-hybridized carbons (Fsp3) is 0.694. The molecule has 6 nitrogen and oxygen atoms in total. The highest BCUT2D eigenvalue weighted by Gasteiger charge is 2.28. The van der Waals surface area contributed by atoms with E-state index in [1.54, 1.807) is 0 Å². The number of hydrogen-bond donors (Lipinski definition) is 3. The maximum atomic E-state index is 13.3. The lowest BCUT2D eigenvalue weighted by molar-refractivity contribution is -0.121. The Kier molecular flexibility index (Phi) is 12.5. The summed E-state index contributed by atoms with van der Waals surface area (Å²) in [5.74, 6) is 2.15. The van der Waals surface area contributed by atoms with Crippen LogP contribution in [0.4, 0.5) is 17.1 Å². The summed E-state index contributed by atoms with van der Waals surface area (Å²) in [5, 5.41) is 9.33. The van der Waals surface area contributed by atoms with Gasteiger partial charge >= 0.3 is 0 Å². The molecule has 0 aromatic heterocycles. The monoisotopic (exact) mass is 577 g/mol. The van der Waals surface area contributed by atoms with Gasteiger partial charge in [-0.15, -0.1) is 0 Å². The minimum Gasteiger partial charge on any atom is -0.326 e. The number of benzene rings is 1. The second-order valence-electron chi connectivity index (χ2n) is 13.4. The smallest absolute Gasteiger partial charge is 0.251 e. The number of carbonyl (C=O) groups is 3. The first-order valence-electron chi connectivity index (χ1n) is 17.2. The molecule has 0 bridgehead atoms. The number of amides is 3. The highest BCUT2D eigenvalue weighted by molar-refractivity contribution is 6.05. The molecular weight excluding hydrogens is 522 g/mol. The lowest BCUT2D eigenvalue weighted by Crippen LogP contribution is -2.28. The second-order valence-corrected chi connectivity index (χ2v) is 13.4. The minimum atomic E-state index is -0.0887. The van der Waals surface area contributed by atoms with E-state index >= 15 is 0 Å². The topological polar surface area (TPSA) is 87.3 Å². The number of allylic oxidation sites excluding steroid dienone is 1. The SMILES string of the molecule is CCCC1CC=C(C(=O)Nc2cc(NC(=O)C3CCC(CCC)CC3)cc(NC(=O)C3CCC(CCC)CC3)c2)CC1. The molecule has 1 aromatic rings. The zero-order valence-electron chi connectivity index (χ0n) is 26.4. The Morgan fingerprint density at radius 2 is 1.02 bits per heavy atom. The highest BCUT2D eigenvalue weighted by Crippen LogP contribution is 2.35. The van der Waals surface area contributed by atoms with Gasteiger partial charge in [0.15, 0.2) is 0 Å². The van der Waals surface area contributed by atoms with Crippen LogP contribution in [0.25, 0.3) is 0 Å². The van der Waals surface area contributed by atoms with Gasteiger partial charge in [0.05, 0.1) is 0 Å². The molecule has 0 heterocycles. The van der Waals surface area contributed by atoms with Crippen molar-refractivity contribution in [1.29, 1.82) is 0 Å². The summed E-state index contributed by atoms with van der Waals surface area (Å²) >= 11 is 0. The molecule has 0 aliphatic heterocycles. The molecule has 1 aromatic carbocycles. The zero-order chi connectivity index (χ0) is 29.9. The number of nitrogens with one attached hydrogen (secondary N) is 3. The number of carbonyl (C=O) groups excluding carboxylic acids is 3. The third-order valence-corrected chi connectivity index (χ3v) is 10.1. The van der Waals surface area contributed by atoms with Gasteiger partial charge in [-0.05, 0) is 107 Å². The number of anilines is 3. The molecule has 1 atom stereocenters. The van der Waals surface area contributed by atoms with Crippen molar-refractivity contribution in [3.63, 3.8) is 0 Å². The summed E-state index contributed by atoms with van der Waals surface area (Å²) in [6, 6.07) is 5.49. The van der Waals surface area contributed by atoms with Crippen LogP contribution in [0.3, 0.4) is 0 Å². The van der Waals surface area contributed by atoms with Crippen LogP contribution in [0.5, 0.6) is 0 Å². The Morgan fingerprint density at radius 3 is 1.43 bits per heavy atom. The first-order valence-corrected chi connectivity index (χ1v) is 17.2. The maximum absolute atomic E-state index is 13.3. The zero-order valence-corrected chi connectivity index (χ0v) is 26.4. The van der Waals surface area contributed by atoms with Crippen molar-refractivity contribution >= 4 is 34.8 Å². The molecule has 3 aliphatic carbocycles. The Labute approximate surface area is 254 Å². The largest absolute Gasteiger partial charge is 0.326 e. The van der Waals surface area contributed by atoms with Crippen LogP contribution in [0.2, 0.25) is 0 Å². The first kappa shape index (κ1) is 32.3. The molecule has 2 fully saturated rings. The fourth-order valence-electron chi connectivity index (χ4n) is 7.55. The van der Waals surface area contributed by atoms with E-state index in [1.165, 1.54) is 38.5 Å². The second kappa shape index (κ2) is 16.3. The van der Waals surface area contributed by atoms with Gasteiger partial charge in [0.2, 0.25) is 11.8 Å². The van der Waals surface area contributed by atoms with E-state index in [1.807, 2.05) is 18.2 Å². The van der Waals surface area contributed by atoms with Crippen LogP contribution in [0.1, 0.15) is 130 Å². The summed E-state index contributed by atoms with van der Waals surface area (Å²) < 4.78 is 0. The van der Waals surface area contributed by atoms with Gasteiger partial charge in [-0.3, -0.25) is 14.4 Å². The lowest BCUT2D eigenvalue weighted by Gasteiger charge is -2.28. The van der Waals surface area contributed by atoms with E-state index in [0.29, 0.717) is 23.0 Å². The van der Waals surface area contributed by atoms with Crippen LogP contribution in [0.15, 0.2) is 29.8 Å². The molecule has 3 amide bonds. The quantitative estimate of drug-likeness (QED) is 0.231. The van der Waals surface area contributed by atoms with Crippen molar-refractivity contribution < 1.29 is 14.4 Å². The van der Waals surface area contributed by atoms with E-state index in [0.717, 1.165) is 88.0 Å². The Balaban J connectivity index is 1.44. The van der Waals surface area contributed by atoms with Crippen molar-refractivity contribution in [2.75, 3.05) is 16.0 Å². The molecule has 0 spiro atoms. The lowest BCUT2D eigenvalue weighted by atomic mass is 9.79. The van der Waals surface area contributed by atoms with Crippen LogP contribution in [-0.2, 0) is 14.4 Å². The summed E-state index contributed by atoms with van der Waals surface area (Å²) in [4.78, 5) is 39.7. The van der Waals surface area contributed by atoms with Gasteiger partial charge in [0.1, 0.15) is 0 Å². The van der Waals surface area contributed by atoms with E-state index in [4.69, 9.17) is 0 Å². The van der Waals surface area contributed by atoms with E-state index in [9.17, 15) is 14.4 Å². The molecular formula is C36H55N3O3. The summed E-state index contributed by atoms with van der Waals surface area (Å²) in [6.45, 7) is 6.67. The standard InChI is InChI=1S/C36H55N3O3/c1-4-7-25-10-16-28(17-11-25)34(40)37-31-22-32(38-35(41)29-18-12-26(8-5-2)13-19-29)24-33(23-31)39-36(42)30-20-14-27(9-6-3)15-21-30/h16,22-27,29-30H,4-15,17-21H2,1-3H3,(H,37,40)(H,38,41)(H,39,42). The van der Waals surface area contributed by atoms with Crippen molar-refractivity contribution in [2.24, 2.45) is 29.6 Å². The Morgan fingerprint density at radius 1 is 0.595 bits per heavy atom. The third-order valence-electron chi connectivity index (χ3n) is 10.1. The molecule has 3 N–H and O–H groups in total. The number of rotatable bonds is 12. The highest BCUT2D eigenvalue weighted by atomic mass is 16.2. The minimum absolute atomic E-state index is 0.0103. The van der Waals surface area contributed by atoms with Crippen molar-refractivity contribution in [3.8, 4) is 0 Å². The summed E-state index contributed by atoms with van der Waals surface area (Å²) in [5.41, 5.74) is 2.67.